The Kier molecular flexibility index (Phi) is 5.37. The van der Waals surface area contributed by atoms with Crippen molar-refractivity contribution in [3.05, 3.63) is 64.5 Å². The van der Waals surface area contributed by atoms with Gasteiger partial charge in [-0.2, -0.15) is 0 Å². The second-order valence-electron chi connectivity index (χ2n) is 5.30. The van der Waals surface area contributed by atoms with Gasteiger partial charge in [0.25, 0.3) is 5.69 Å². The molecule has 3 rings (SSSR count). The van der Waals surface area contributed by atoms with E-state index in [1.54, 1.807) is 12.4 Å². The first-order chi connectivity index (χ1) is 12.6. The molecule has 1 aromatic carbocycles. The molecule has 0 aliphatic heterocycles. The van der Waals surface area contributed by atoms with E-state index in [0.29, 0.717) is 17.3 Å². The van der Waals surface area contributed by atoms with Crippen molar-refractivity contribution < 1.29 is 9.72 Å². The van der Waals surface area contributed by atoms with Crippen molar-refractivity contribution in [2.75, 3.05) is 5.75 Å². The number of nitrogens with zero attached hydrogens (tertiary/aromatic N) is 5. The molecule has 2 aromatic heterocycles. The molecule has 0 fully saturated rings. The first-order valence-electron chi connectivity index (χ1n) is 7.84. The summed E-state index contributed by atoms with van der Waals surface area (Å²) in [4.78, 5) is 26.5. The SMILES string of the molecule is CCn1c(SCC(=O)c2ccc([N+](=O)[O-])cc2)nnc1-c1ccncc1. The minimum absolute atomic E-state index is 0.0399. The van der Waals surface area contributed by atoms with E-state index in [0.717, 1.165) is 11.4 Å². The largest absolute Gasteiger partial charge is 0.302 e. The summed E-state index contributed by atoms with van der Waals surface area (Å²) in [5.41, 5.74) is 1.30. The third-order valence-electron chi connectivity index (χ3n) is 3.70. The molecule has 0 saturated heterocycles. The Morgan fingerprint density at radius 2 is 1.85 bits per heavy atom. The zero-order chi connectivity index (χ0) is 18.5. The van der Waals surface area contributed by atoms with Crippen LogP contribution in [0.25, 0.3) is 11.4 Å². The highest BCUT2D eigenvalue weighted by atomic mass is 32.2. The summed E-state index contributed by atoms with van der Waals surface area (Å²) in [6, 6.07) is 9.29. The normalized spacial score (nSPS) is 10.7. The number of pyridine rings is 1. The van der Waals surface area contributed by atoms with Crippen LogP contribution in [-0.2, 0) is 6.54 Å². The molecule has 9 heteroatoms. The molecule has 26 heavy (non-hydrogen) atoms. The molecule has 0 N–H and O–H groups in total. The fourth-order valence-electron chi connectivity index (χ4n) is 2.38. The summed E-state index contributed by atoms with van der Waals surface area (Å²) in [6.45, 7) is 2.65. The van der Waals surface area contributed by atoms with Crippen molar-refractivity contribution in [2.45, 2.75) is 18.6 Å². The van der Waals surface area contributed by atoms with E-state index in [2.05, 4.69) is 15.2 Å². The molecule has 0 amide bonds. The zero-order valence-corrected chi connectivity index (χ0v) is 14.7. The van der Waals surface area contributed by atoms with E-state index in [1.165, 1.54) is 36.0 Å². The number of hydrogen-bond acceptors (Lipinski definition) is 7. The molecule has 0 radical (unpaired) electrons. The Hall–Kier alpha value is -3.07. The molecular formula is C17H15N5O3S. The van der Waals surface area contributed by atoms with Gasteiger partial charge in [-0.1, -0.05) is 11.8 Å². The van der Waals surface area contributed by atoms with Gasteiger partial charge in [0.1, 0.15) is 0 Å². The lowest BCUT2D eigenvalue weighted by molar-refractivity contribution is -0.384. The molecule has 2 heterocycles. The summed E-state index contributed by atoms with van der Waals surface area (Å²) < 4.78 is 1.93. The van der Waals surface area contributed by atoms with Crippen LogP contribution in [0.5, 0.6) is 0 Å². The van der Waals surface area contributed by atoms with Crippen molar-refractivity contribution in [1.82, 2.24) is 19.7 Å². The van der Waals surface area contributed by atoms with Gasteiger partial charge in [-0.15, -0.1) is 10.2 Å². The van der Waals surface area contributed by atoms with Crippen molar-refractivity contribution in [3.63, 3.8) is 0 Å². The lowest BCUT2D eigenvalue weighted by Crippen LogP contribution is -2.05. The summed E-state index contributed by atoms with van der Waals surface area (Å²) in [7, 11) is 0. The van der Waals surface area contributed by atoms with Crippen LogP contribution in [0.15, 0.2) is 53.9 Å². The molecule has 0 bridgehead atoms. The predicted octanol–water partition coefficient (Wildman–Crippen LogP) is 3.24. The Balaban J connectivity index is 1.72. The van der Waals surface area contributed by atoms with Gasteiger partial charge in [0.2, 0.25) is 0 Å². The Labute approximate surface area is 153 Å². The summed E-state index contributed by atoms with van der Waals surface area (Å²) in [5.74, 6) is 0.771. The van der Waals surface area contributed by atoms with Gasteiger partial charge in [0.15, 0.2) is 16.8 Å². The number of nitro groups is 1. The van der Waals surface area contributed by atoms with E-state index in [1.807, 2.05) is 23.6 Å². The number of carbonyl (C=O) groups is 1. The summed E-state index contributed by atoms with van der Waals surface area (Å²) in [5, 5.41) is 19.7. The number of aromatic nitrogens is 4. The lowest BCUT2D eigenvalue weighted by Gasteiger charge is -2.07. The van der Waals surface area contributed by atoms with E-state index in [9.17, 15) is 14.9 Å². The third-order valence-corrected chi connectivity index (χ3v) is 4.67. The van der Waals surface area contributed by atoms with Gasteiger partial charge >= 0.3 is 0 Å². The maximum Gasteiger partial charge on any atom is 0.269 e. The van der Waals surface area contributed by atoms with Crippen molar-refractivity contribution in [3.8, 4) is 11.4 Å². The van der Waals surface area contributed by atoms with Gasteiger partial charge in [-0.25, -0.2) is 0 Å². The number of non-ortho nitro benzene ring substituents is 1. The number of rotatable bonds is 7. The highest BCUT2D eigenvalue weighted by molar-refractivity contribution is 7.99. The van der Waals surface area contributed by atoms with Crippen LogP contribution in [0.3, 0.4) is 0 Å². The Morgan fingerprint density at radius 3 is 2.46 bits per heavy atom. The number of benzene rings is 1. The summed E-state index contributed by atoms with van der Waals surface area (Å²) in [6.07, 6.45) is 3.38. The average Bonchev–Trinajstić information content (AvgIpc) is 3.09. The van der Waals surface area contributed by atoms with Crippen LogP contribution in [0.4, 0.5) is 5.69 Å². The van der Waals surface area contributed by atoms with E-state index >= 15 is 0 Å². The molecule has 8 nitrogen and oxygen atoms in total. The van der Waals surface area contributed by atoms with Crippen LogP contribution < -0.4 is 0 Å². The Bertz CT molecular complexity index is 925. The first-order valence-corrected chi connectivity index (χ1v) is 8.82. The van der Waals surface area contributed by atoms with Gasteiger partial charge in [-0.05, 0) is 31.2 Å². The molecule has 0 unspecified atom stereocenters. The quantitative estimate of drug-likeness (QED) is 0.272. The topological polar surface area (TPSA) is 104 Å². The molecule has 0 atom stereocenters. The monoisotopic (exact) mass is 369 g/mol. The maximum atomic E-state index is 12.3. The first kappa shape index (κ1) is 17.7. The number of hydrogen-bond donors (Lipinski definition) is 0. The minimum Gasteiger partial charge on any atom is -0.302 e. The molecule has 3 aromatic rings. The lowest BCUT2D eigenvalue weighted by atomic mass is 10.1. The van der Waals surface area contributed by atoms with Gasteiger partial charge in [0, 0.05) is 42.2 Å². The van der Waals surface area contributed by atoms with Crippen LogP contribution in [0.1, 0.15) is 17.3 Å². The molecule has 0 aliphatic carbocycles. The third kappa shape index (κ3) is 3.77. The van der Waals surface area contributed by atoms with Gasteiger partial charge < -0.3 is 4.57 Å². The molecule has 0 aliphatic rings. The second kappa shape index (κ2) is 7.87. The number of nitro benzene ring substituents is 1. The standard InChI is InChI=1S/C17H15N5O3S/c1-2-21-16(13-7-9-18-10-8-13)19-20-17(21)26-11-15(23)12-3-5-14(6-4-12)22(24)25/h3-10H,2,11H2,1H3. The average molecular weight is 369 g/mol. The number of carbonyl (C=O) groups excluding carboxylic acids is 1. The molecular weight excluding hydrogens is 354 g/mol. The maximum absolute atomic E-state index is 12.3. The minimum atomic E-state index is -0.493. The van der Waals surface area contributed by atoms with E-state index in [4.69, 9.17) is 0 Å². The van der Waals surface area contributed by atoms with Gasteiger partial charge in [0.05, 0.1) is 10.7 Å². The highest BCUT2D eigenvalue weighted by Gasteiger charge is 2.15. The smallest absolute Gasteiger partial charge is 0.269 e. The van der Waals surface area contributed by atoms with Crippen LogP contribution in [0.2, 0.25) is 0 Å². The number of Topliss-reactive ketones (excluding diaryl/α,β-unsaturated/α-hetero) is 1. The fourth-order valence-corrected chi connectivity index (χ4v) is 3.27. The highest BCUT2D eigenvalue weighted by Crippen LogP contribution is 2.24. The fraction of sp³-hybridized carbons (Fsp3) is 0.176. The van der Waals surface area contributed by atoms with E-state index in [-0.39, 0.29) is 17.2 Å². The van der Waals surface area contributed by atoms with Crippen LogP contribution in [-0.4, -0.2) is 36.2 Å². The van der Waals surface area contributed by atoms with Crippen molar-refractivity contribution in [1.29, 1.82) is 0 Å². The number of ketones is 1. The van der Waals surface area contributed by atoms with Crippen LogP contribution >= 0.6 is 11.8 Å². The van der Waals surface area contributed by atoms with Gasteiger partial charge in [-0.3, -0.25) is 19.9 Å². The Morgan fingerprint density at radius 1 is 1.15 bits per heavy atom. The van der Waals surface area contributed by atoms with Crippen LogP contribution in [0, 0.1) is 10.1 Å². The van der Waals surface area contributed by atoms with Crippen molar-refractivity contribution in [2.24, 2.45) is 0 Å². The predicted molar refractivity (Wildman–Crippen MR) is 97.1 cm³/mol. The summed E-state index contributed by atoms with van der Waals surface area (Å²) >= 11 is 1.29. The molecule has 0 spiro atoms. The number of thioether (sulfide) groups is 1. The zero-order valence-electron chi connectivity index (χ0n) is 13.9. The molecule has 132 valence electrons. The van der Waals surface area contributed by atoms with Crippen molar-refractivity contribution >= 4 is 23.2 Å². The van der Waals surface area contributed by atoms with E-state index < -0.39 is 4.92 Å². The second-order valence-corrected chi connectivity index (χ2v) is 6.24. The molecule has 0 saturated carbocycles.